The molecule has 1 unspecified atom stereocenters. The van der Waals surface area contributed by atoms with Gasteiger partial charge in [-0.3, -0.25) is 4.90 Å². The van der Waals surface area contributed by atoms with Gasteiger partial charge in [-0.2, -0.15) is 0 Å². The highest BCUT2D eigenvalue weighted by Gasteiger charge is 2.32. The average molecular weight is 239 g/mol. The standard InChI is InChI=1S/C12H17NO4/c1-12(15)4-5-13(8-12)7-9-3-6-17-10(9)11(14)16-2/h3,6,15H,4-5,7-8H2,1-2H3. The maximum absolute atomic E-state index is 11.4. The van der Waals surface area contributed by atoms with E-state index in [1.54, 1.807) is 6.07 Å². The number of esters is 1. The molecule has 1 fully saturated rings. The van der Waals surface area contributed by atoms with Crippen LogP contribution >= 0.6 is 0 Å². The number of furan rings is 1. The van der Waals surface area contributed by atoms with Gasteiger partial charge in [0, 0.05) is 25.2 Å². The number of aliphatic hydroxyl groups is 1. The number of hydrogen-bond acceptors (Lipinski definition) is 5. The van der Waals surface area contributed by atoms with Gasteiger partial charge in [-0.15, -0.1) is 0 Å². The van der Waals surface area contributed by atoms with Gasteiger partial charge in [0.25, 0.3) is 0 Å². The van der Waals surface area contributed by atoms with Crippen LogP contribution in [0.4, 0.5) is 0 Å². The summed E-state index contributed by atoms with van der Waals surface area (Å²) in [5.41, 5.74) is 0.171. The zero-order valence-corrected chi connectivity index (χ0v) is 10.1. The summed E-state index contributed by atoms with van der Waals surface area (Å²) in [5, 5.41) is 9.86. The van der Waals surface area contributed by atoms with E-state index in [-0.39, 0.29) is 5.76 Å². The van der Waals surface area contributed by atoms with Gasteiger partial charge >= 0.3 is 5.97 Å². The second kappa shape index (κ2) is 4.50. The topological polar surface area (TPSA) is 62.9 Å². The molecule has 5 heteroatoms. The van der Waals surface area contributed by atoms with Crippen LogP contribution in [0.2, 0.25) is 0 Å². The Hall–Kier alpha value is -1.33. The first kappa shape index (κ1) is 12.1. The summed E-state index contributed by atoms with van der Waals surface area (Å²) < 4.78 is 9.76. The molecule has 2 rings (SSSR count). The van der Waals surface area contributed by atoms with E-state index in [1.165, 1.54) is 13.4 Å². The van der Waals surface area contributed by atoms with Gasteiger partial charge in [-0.05, 0) is 19.4 Å². The Kier molecular flexibility index (Phi) is 3.22. The number of hydrogen-bond donors (Lipinski definition) is 1. The molecule has 0 radical (unpaired) electrons. The van der Waals surface area contributed by atoms with E-state index in [1.807, 2.05) is 6.92 Å². The van der Waals surface area contributed by atoms with Crippen molar-refractivity contribution in [1.82, 2.24) is 4.90 Å². The summed E-state index contributed by atoms with van der Waals surface area (Å²) in [6, 6.07) is 1.76. The zero-order chi connectivity index (χ0) is 12.5. The van der Waals surface area contributed by atoms with Gasteiger partial charge in [0.05, 0.1) is 19.0 Å². The predicted octanol–water partition coefficient (Wildman–Crippen LogP) is 1.02. The van der Waals surface area contributed by atoms with Gasteiger partial charge < -0.3 is 14.3 Å². The molecule has 1 N–H and O–H groups in total. The average Bonchev–Trinajstić information content (AvgIpc) is 2.85. The number of carbonyl (C=O) groups is 1. The van der Waals surface area contributed by atoms with E-state index in [9.17, 15) is 9.90 Å². The number of β-amino-alcohol motifs (C(OH)–C–C–N with tert-alkyl or cyclic N) is 1. The number of ether oxygens (including phenoxy) is 1. The molecule has 17 heavy (non-hydrogen) atoms. The highest BCUT2D eigenvalue weighted by atomic mass is 16.5. The summed E-state index contributed by atoms with van der Waals surface area (Å²) >= 11 is 0. The molecule has 1 aliphatic heterocycles. The van der Waals surface area contributed by atoms with E-state index in [2.05, 4.69) is 9.64 Å². The maximum Gasteiger partial charge on any atom is 0.374 e. The fourth-order valence-electron chi connectivity index (χ4n) is 2.15. The monoisotopic (exact) mass is 239 g/mol. The SMILES string of the molecule is COC(=O)c1occc1CN1CCC(C)(O)C1. The van der Waals surface area contributed by atoms with Crippen LogP contribution in [0.3, 0.4) is 0 Å². The molecular formula is C12H17NO4. The molecule has 94 valence electrons. The van der Waals surface area contributed by atoms with Gasteiger partial charge in [0.15, 0.2) is 0 Å². The molecule has 1 atom stereocenters. The minimum absolute atomic E-state index is 0.249. The Bertz CT molecular complexity index is 410. The predicted molar refractivity (Wildman–Crippen MR) is 60.6 cm³/mol. The van der Waals surface area contributed by atoms with Crippen molar-refractivity contribution in [1.29, 1.82) is 0 Å². The smallest absolute Gasteiger partial charge is 0.374 e. The second-order valence-corrected chi connectivity index (χ2v) is 4.72. The third-order valence-corrected chi connectivity index (χ3v) is 3.04. The van der Waals surface area contributed by atoms with Crippen molar-refractivity contribution >= 4 is 5.97 Å². The molecule has 0 saturated carbocycles. The van der Waals surface area contributed by atoms with Crippen molar-refractivity contribution in [2.75, 3.05) is 20.2 Å². The van der Waals surface area contributed by atoms with Crippen LogP contribution in [-0.2, 0) is 11.3 Å². The van der Waals surface area contributed by atoms with E-state index in [4.69, 9.17) is 4.42 Å². The molecule has 1 aliphatic rings. The Morgan fingerprint density at radius 2 is 2.47 bits per heavy atom. The lowest BCUT2D eigenvalue weighted by atomic mass is 10.1. The molecule has 1 aromatic rings. The third-order valence-electron chi connectivity index (χ3n) is 3.04. The lowest BCUT2D eigenvalue weighted by Gasteiger charge is -2.18. The first-order valence-electron chi connectivity index (χ1n) is 5.61. The van der Waals surface area contributed by atoms with Crippen LogP contribution in [0.15, 0.2) is 16.7 Å². The maximum atomic E-state index is 11.4. The summed E-state index contributed by atoms with van der Waals surface area (Å²) in [5.74, 6) is -0.213. The number of carbonyl (C=O) groups excluding carboxylic acids is 1. The Morgan fingerprint density at radius 1 is 1.71 bits per heavy atom. The molecule has 5 nitrogen and oxygen atoms in total. The Labute approximate surface area is 100.0 Å². The van der Waals surface area contributed by atoms with Crippen molar-refractivity contribution in [3.05, 3.63) is 23.7 Å². The van der Waals surface area contributed by atoms with Gasteiger partial charge in [-0.25, -0.2) is 4.79 Å². The van der Waals surface area contributed by atoms with Crippen LogP contribution < -0.4 is 0 Å². The first-order valence-corrected chi connectivity index (χ1v) is 5.61. The van der Waals surface area contributed by atoms with Crippen LogP contribution in [-0.4, -0.2) is 41.8 Å². The lowest BCUT2D eigenvalue weighted by Crippen LogP contribution is -2.29. The minimum Gasteiger partial charge on any atom is -0.463 e. The number of methoxy groups -OCH3 is 1. The highest BCUT2D eigenvalue weighted by molar-refractivity contribution is 5.87. The Morgan fingerprint density at radius 3 is 3.06 bits per heavy atom. The third kappa shape index (κ3) is 2.68. The number of likely N-dealkylation sites (tertiary alicyclic amines) is 1. The van der Waals surface area contributed by atoms with E-state index in [0.717, 1.165) is 18.5 Å². The zero-order valence-electron chi connectivity index (χ0n) is 10.1. The molecule has 2 heterocycles. The molecule has 0 spiro atoms. The quantitative estimate of drug-likeness (QED) is 0.798. The largest absolute Gasteiger partial charge is 0.463 e. The molecule has 1 saturated heterocycles. The fourth-order valence-corrected chi connectivity index (χ4v) is 2.15. The van der Waals surface area contributed by atoms with E-state index < -0.39 is 11.6 Å². The molecule has 1 aromatic heterocycles. The Balaban J connectivity index is 2.05. The molecule has 0 amide bonds. The highest BCUT2D eigenvalue weighted by Crippen LogP contribution is 2.23. The number of rotatable bonds is 3. The van der Waals surface area contributed by atoms with E-state index in [0.29, 0.717) is 13.1 Å². The molecule has 0 bridgehead atoms. The van der Waals surface area contributed by atoms with Gasteiger partial charge in [0.2, 0.25) is 5.76 Å². The summed E-state index contributed by atoms with van der Waals surface area (Å²) in [6.07, 6.45) is 2.23. The molecule has 0 aromatic carbocycles. The van der Waals surface area contributed by atoms with Crippen LogP contribution in [0, 0.1) is 0 Å². The summed E-state index contributed by atoms with van der Waals surface area (Å²) in [6.45, 7) is 3.85. The second-order valence-electron chi connectivity index (χ2n) is 4.72. The molecule has 0 aliphatic carbocycles. The minimum atomic E-state index is -0.630. The number of nitrogens with zero attached hydrogens (tertiary/aromatic N) is 1. The van der Waals surface area contributed by atoms with Crippen LogP contribution in [0.5, 0.6) is 0 Å². The van der Waals surface area contributed by atoms with Crippen molar-refractivity contribution in [2.45, 2.75) is 25.5 Å². The van der Waals surface area contributed by atoms with Gasteiger partial charge in [0.1, 0.15) is 0 Å². The normalized spacial score (nSPS) is 25.1. The first-order chi connectivity index (χ1) is 8.02. The summed E-state index contributed by atoms with van der Waals surface area (Å²) in [4.78, 5) is 13.5. The van der Waals surface area contributed by atoms with Crippen molar-refractivity contribution in [2.24, 2.45) is 0 Å². The summed E-state index contributed by atoms with van der Waals surface area (Å²) in [7, 11) is 1.33. The van der Waals surface area contributed by atoms with Crippen LogP contribution in [0.25, 0.3) is 0 Å². The van der Waals surface area contributed by atoms with Crippen molar-refractivity contribution in [3.8, 4) is 0 Å². The van der Waals surface area contributed by atoms with Crippen molar-refractivity contribution in [3.63, 3.8) is 0 Å². The fraction of sp³-hybridized carbons (Fsp3) is 0.583. The van der Waals surface area contributed by atoms with Crippen molar-refractivity contribution < 1.29 is 19.1 Å². The lowest BCUT2D eigenvalue weighted by molar-refractivity contribution is 0.0560. The van der Waals surface area contributed by atoms with Gasteiger partial charge in [-0.1, -0.05) is 0 Å². The molecular weight excluding hydrogens is 222 g/mol. The van der Waals surface area contributed by atoms with Crippen LogP contribution in [0.1, 0.15) is 29.5 Å². The van der Waals surface area contributed by atoms with E-state index >= 15 is 0 Å².